The zero-order valence-electron chi connectivity index (χ0n) is 12.7. The second-order valence-corrected chi connectivity index (χ2v) is 5.93. The number of para-hydroxylation sites is 1. The highest BCUT2D eigenvalue weighted by Crippen LogP contribution is 2.25. The SMILES string of the molecule is O=C(Cn1nnc2ccccc21)N1CCC[C@@H](c2ccn[nH]2)C1. The zero-order valence-corrected chi connectivity index (χ0v) is 12.7. The number of benzene rings is 1. The van der Waals surface area contributed by atoms with Crippen molar-refractivity contribution in [2.24, 2.45) is 0 Å². The number of hydrogen-bond acceptors (Lipinski definition) is 4. The number of fused-ring (bicyclic) bond motifs is 1. The number of carbonyl (C=O) groups excluding carboxylic acids is 1. The van der Waals surface area contributed by atoms with Gasteiger partial charge in [0.25, 0.3) is 0 Å². The van der Waals surface area contributed by atoms with E-state index in [2.05, 4.69) is 20.5 Å². The van der Waals surface area contributed by atoms with Crippen molar-refractivity contribution in [1.29, 1.82) is 0 Å². The molecule has 0 unspecified atom stereocenters. The van der Waals surface area contributed by atoms with Crippen LogP contribution in [0.25, 0.3) is 11.0 Å². The van der Waals surface area contributed by atoms with Crippen LogP contribution in [0.2, 0.25) is 0 Å². The summed E-state index contributed by atoms with van der Waals surface area (Å²) in [7, 11) is 0. The number of H-pyrrole nitrogens is 1. The lowest BCUT2D eigenvalue weighted by atomic mass is 9.95. The van der Waals surface area contributed by atoms with Gasteiger partial charge in [0.05, 0.1) is 5.52 Å². The molecule has 0 radical (unpaired) electrons. The Morgan fingerprint density at radius 1 is 1.30 bits per heavy atom. The van der Waals surface area contributed by atoms with Gasteiger partial charge in [0.1, 0.15) is 12.1 Å². The third-order valence-corrected chi connectivity index (χ3v) is 4.44. The van der Waals surface area contributed by atoms with Crippen molar-refractivity contribution in [3.63, 3.8) is 0 Å². The Labute approximate surface area is 133 Å². The highest BCUT2D eigenvalue weighted by atomic mass is 16.2. The fourth-order valence-corrected chi connectivity index (χ4v) is 3.21. The molecular weight excluding hydrogens is 292 g/mol. The van der Waals surface area contributed by atoms with Crippen molar-refractivity contribution in [2.75, 3.05) is 13.1 Å². The maximum absolute atomic E-state index is 12.6. The van der Waals surface area contributed by atoms with Gasteiger partial charge in [-0.05, 0) is 31.0 Å². The highest BCUT2D eigenvalue weighted by molar-refractivity contribution is 5.80. The van der Waals surface area contributed by atoms with Crippen LogP contribution in [0.1, 0.15) is 24.5 Å². The average Bonchev–Trinajstić information content (AvgIpc) is 3.25. The first-order valence-electron chi connectivity index (χ1n) is 7.86. The van der Waals surface area contributed by atoms with Gasteiger partial charge in [-0.25, -0.2) is 4.68 Å². The molecule has 1 atom stereocenters. The van der Waals surface area contributed by atoms with Gasteiger partial charge >= 0.3 is 0 Å². The van der Waals surface area contributed by atoms with E-state index < -0.39 is 0 Å². The van der Waals surface area contributed by atoms with Gasteiger partial charge < -0.3 is 4.90 Å². The van der Waals surface area contributed by atoms with Crippen LogP contribution in [0.4, 0.5) is 0 Å². The Hall–Kier alpha value is -2.70. The minimum atomic E-state index is 0.0878. The molecule has 1 aromatic carbocycles. The van der Waals surface area contributed by atoms with E-state index in [0.29, 0.717) is 5.92 Å². The summed E-state index contributed by atoms with van der Waals surface area (Å²) in [5, 5.41) is 15.2. The summed E-state index contributed by atoms with van der Waals surface area (Å²) in [5.74, 6) is 0.424. The maximum Gasteiger partial charge on any atom is 0.244 e. The summed E-state index contributed by atoms with van der Waals surface area (Å²) < 4.78 is 1.68. The van der Waals surface area contributed by atoms with E-state index in [1.165, 1.54) is 0 Å². The molecule has 1 saturated heterocycles. The summed E-state index contributed by atoms with van der Waals surface area (Å²) in [6, 6.07) is 9.68. The minimum absolute atomic E-state index is 0.0878. The van der Waals surface area contributed by atoms with Gasteiger partial charge in [0.2, 0.25) is 5.91 Å². The lowest BCUT2D eigenvalue weighted by molar-refractivity contribution is -0.133. The molecule has 1 aliphatic rings. The Balaban J connectivity index is 1.48. The largest absolute Gasteiger partial charge is 0.340 e. The molecule has 23 heavy (non-hydrogen) atoms. The van der Waals surface area contributed by atoms with E-state index in [0.717, 1.165) is 42.7 Å². The molecule has 1 N–H and O–H groups in total. The van der Waals surface area contributed by atoms with Crippen LogP contribution in [0.5, 0.6) is 0 Å². The van der Waals surface area contributed by atoms with Crippen molar-refractivity contribution in [1.82, 2.24) is 30.1 Å². The van der Waals surface area contributed by atoms with Crippen molar-refractivity contribution in [2.45, 2.75) is 25.3 Å². The van der Waals surface area contributed by atoms with Crippen LogP contribution in [0.15, 0.2) is 36.5 Å². The molecule has 4 rings (SSSR count). The predicted octanol–water partition coefficient (Wildman–Crippen LogP) is 1.56. The first kappa shape index (κ1) is 13.9. The molecule has 0 saturated carbocycles. The third kappa shape index (κ3) is 2.69. The molecule has 1 amide bonds. The lowest BCUT2D eigenvalue weighted by Gasteiger charge is -2.32. The molecule has 3 aromatic rings. The summed E-state index contributed by atoms with van der Waals surface area (Å²) in [4.78, 5) is 14.6. The lowest BCUT2D eigenvalue weighted by Crippen LogP contribution is -2.41. The first-order chi connectivity index (χ1) is 11.3. The summed E-state index contributed by atoms with van der Waals surface area (Å²) in [5.41, 5.74) is 2.81. The Bertz CT molecular complexity index is 809. The zero-order chi connectivity index (χ0) is 15.6. The third-order valence-electron chi connectivity index (χ3n) is 4.44. The summed E-state index contributed by atoms with van der Waals surface area (Å²) >= 11 is 0. The normalized spacial score (nSPS) is 18.4. The highest BCUT2D eigenvalue weighted by Gasteiger charge is 2.26. The Kier molecular flexibility index (Phi) is 3.53. The smallest absolute Gasteiger partial charge is 0.244 e. The van der Waals surface area contributed by atoms with Gasteiger partial charge in [0, 0.05) is 30.9 Å². The second-order valence-electron chi connectivity index (χ2n) is 5.93. The molecule has 3 heterocycles. The van der Waals surface area contributed by atoms with Gasteiger partial charge in [0.15, 0.2) is 0 Å². The fraction of sp³-hybridized carbons (Fsp3) is 0.375. The molecule has 1 fully saturated rings. The quantitative estimate of drug-likeness (QED) is 0.796. The number of aromatic nitrogens is 5. The number of piperidine rings is 1. The second kappa shape index (κ2) is 5.83. The van der Waals surface area contributed by atoms with Gasteiger partial charge in [-0.2, -0.15) is 5.10 Å². The van der Waals surface area contributed by atoms with Crippen LogP contribution in [-0.4, -0.2) is 49.1 Å². The molecular formula is C16H18N6O. The fourth-order valence-electron chi connectivity index (χ4n) is 3.21. The number of likely N-dealkylation sites (tertiary alicyclic amines) is 1. The monoisotopic (exact) mass is 310 g/mol. The Morgan fingerprint density at radius 2 is 2.22 bits per heavy atom. The summed E-state index contributed by atoms with van der Waals surface area (Å²) in [6.07, 6.45) is 3.85. The van der Waals surface area contributed by atoms with Gasteiger partial charge in [-0.15, -0.1) is 5.10 Å². The van der Waals surface area contributed by atoms with E-state index in [9.17, 15) is 4.79 Å². The van der Waals surface area contributed by atoms with Crippen LogP contribution < -0.4 is 0 Å². The predicted molar refractivity (Wildman–Crippen MR) is 84.7 cm³/mol. The van der Waals surface area contributed by atoms with E-state index in [4.69, 9.17) is 0 Å². The molecule has 2 aromatic heterocycles. The van der Waals surface area contributed by atoms with Crippen molar-refractivity contribution >= 4 is 16.9 Å². The number of rotatable bonds is 3. The van der Waals surface area contributed by atoms with E-state index in [1.54, 1.807) is 10.9 Å². The van der Waals surface area contributed by atoms with E-state index in [1.807, 2.05) is 35.2 Å². The molecule has 1 aliphatic heterocycles. The standard InChI is InChI=1S/C16H18N6O/c23-16(11-22-15-6-2-1-5-14(15)19-20-22)21-9-3-4-12(10-21)13-7-8-17-18-13/h1-2,5-8,12H,3-4,9-11H2,(H,17,18)/t12-/m1/s1. The van der Waals surface area contributed by atoms with Gasteiger partial charge in [-0.3, -0.25) is 9.89 Å². The van der Waals surface area contributed by atoms with Crippen LogP contribution in [0.3, 0.4) is 0 Å². The number of carbonyl (C=O) groups is 1. The van der Waals surface area contributed by atoms with Crippen LogP contribution in [0, 0.1) is 0 Å². The number of amides is 1. The van der Waals surface area contributed by atoms with E-state index in [-0.39, 0.29) is 12.5 Å². The topological polar surface area (TPSA) is 79.7 Å². The van der Waals surface area contributed by atoms with Crippen molar-refractivity contribution in [3.8, 4) is 0 Å². The number of nitrogens with zero attached hydrogens (tertiary/aromatic N) is 5. The maximum atomic E-state index is 12.6. The van der Waals surface area contributed by atoms with Gasteiger partial charge in [-0.1, -0.05) is 17.3 Å². The number of nitrogens with one attached hydrogen (secondary N) is 1. The first-order valence-corrected chi connectivity index (χ1v) is 7.86. The van der Waals surface area contributed by atoms with Crippen molar-refractivity contribution < 1.29 is 4.79 Å². The Morgan fingerprint density at radius 3 is 3.09 bits per heavy atom. The van der Waals surface area contributed by atoms with Crippen molar-refractivity contribution in [3.05, 3.63) is 42.2 Å². The number of aromatic amines is 1. The molecule has 7 heteroatoms. The summed E-state index contributed by atoms with van der Waals surface area (Å²) in [6.45, 7) is 1.76. The molecule has 118 valence electrons. The minimum Gasteiger partial charge on any atom is -0.340 e. The van der Waals surface area contributed by atoms with E-state index >= 15 is 0 Å². The van der Waals surface area contributed by atoms with Crippen LogP contribution >= 0.6 is 0 Å². The average molecular weight is 310 g/mol. The molecule has 0 aliphatic carbocycles. The number of hydrogen-bond donors (Lipinski definition) is 1. The molecule has 0 spiro atoms. The molecule has 7 nitrogen and oxygen atoms in total. The van der Waals surface area contributed by atoms with Crippen LogP contribution in [-0.2, 0) is 11.3 Å². The molecule has 0 bridgehead atoms.